The number of aryl methyl sites for hydroxylation is 2. The normalized spacial score (nSPS) is 18.3. The van der Waals surface area contributed by atoms with Gasteiger partial charge < -0.3 is 16.3 Å². The van der Waals surface area contributed by atoms with Gasteiger partial charge in [0.05, 0.1) is 0 Å². The lowest BCUT2D eigenvalue weighted by Crippen LogP contribution is -2.58. The molecule has 0 atom stereocenters. The van der Waals surface area contributed by atoms with Crippen molar-refractivity contribution in [2.24, 2.45) is 10.9 Å². The molecular weight excluding hydrogens is 266 g/mol. The first-order chi connectivity index (χ1) is 9.98. The monoisotopic (exact) mass is 289 g/mol. The second-order valence-corrected chi connectivity index (χ2v) is 5.90. The zero-order valence-electron chi connectivity index (χ0n) is 12.6. The molecule has 0 radical (unpaired) electrons. The first-order valence-corrected chi connectivity index (χ1v) is 7.36. The first-order valence-electron chi connectivity index (χ1n) is 7.36. The van der Waals surface area contributed by atoms with E-state index in [9.17, 15) is 4.79 Å². The molecule has 0 aromatic heterocycles. The number of amidine groups is 1. The van der Waals surface area contributed by atoms with Gasteiger partial charge in [0.15, 0.2) is 5.84 Å². The number of amides is 1. The topological polar surface area (TPSA) is 87.7 Å². The van der Waals surface area contributed by atoms with Crippen LogP contribution in [0.3, 0.4) is 0 Å². The zero-order valence-corrected chi connectivity index (χ0v) is 12.6. The van der Waals surface area contributed by atoms with Gasteiger partial charge in [-0.3, -0.25) is 4.79 Å². The predicted molar refractivity (Wildman–Crippen MR) is 82.6 cm³/mol. The molecule has 0 unspecified atom stereocenters. The maximum Gasteiger partial charge on any atom is 0.252 e. The first kappa shape index (κ1) is 15.4. The highest BCUT2D eigenvalue weighted by atomic mass is 16.4. The van der Waals surface area contributed by atoms with Crippen LogP contribution >= 0.6 is 0 Å². The van der Waals surface area contributed by atoms with Crippen LogP contribution in [0.25, 0.3) is 0 Å². The Morgan fingerprint density at radius 3 is 2.52 bits per heavy atom. The number of rotatable bonds is 3. The summed E-state index contributed by atoms with van der Waals surface area (Å²) in [6.45, 7) is 3.91. The van der Waals surface area contributed by atoms with E-state index in [4.69, 9.17) is 10.9 Å². The highest BCUT2D eigenvalue weighted by Gasteiger charge is 2.38. The van der Waals surface area contributed by atoms with Gasteiger partial charge in [0.1, 0.15) is 5.54 Å². The number of nitrogens with one attached hydrogen (secondary N) is 1. The molecule has 5 heteroatoms. The van der Waals surface area contributed by atoms with Crippen molar-refractivity contribution >= 4 is 11.7 Å². The van der Waals surface area contributed by atoms with Crippen molar-refractivity contribution in [3.05, 3.63) is 34.9 Å². The average Bonchev–Trinajstić information content (AvgIpc) is 2.47. The molecule has 114 valence electrons. The van der Waals surface area contributed by atoms with Crippen LogP contribution in [-0.2, 0) is 0 Å². The molecule has 1 aliphatic rings. The van der Waals surface area contributed by atoms with E-state index in [0.717, 1.165) is 30.4 Å². The van der Waals surface area contributed by atoms with Crippen molar-refractivity contribution in [1.29, 1.82) is 0 Å². The van der Waals surface area contributed by atoms with Crippen molar-refractivity contribution in [2.45, 2.75) is 51.5 Å². The molecular formula is C16H23N3O2. The summed E-state index contributed by atoms with van der Waals surface area (Å²) in [4.78, 5) is 12.6. The maximum atomic E-state index is 12.6. The molecule has 2 rings (SSSR count). The third-order valence-corrected chi connectivity index (χ3v) is 4.28. The smallest absolute Gasteiger partial charge is 0.252 e. The summed E-state index contributed by atoms with van der Waals surface area (Å²) in [5, 5.41) is 15.2. The summed E-state index contributed by atoms with van der Waals surface area (Å²) in [7, 11) is 0. The SMILES string of the molecule is Cc1ccc(C(=O)NC2(/C(N)=N/O)CCCCC2)c(C)c1. The van der Waals surface area contributed by atoms with Crippen molar-refractivity contribution < 1.29 is 10.0 Å². The number of nitrogens with two attached hydrogens (primary N) is 1. The fourth-order valence-corrected chi connectivity index (χ4v) is 3.05. The average molecular weight is 289 g/mol. The molecule has 1 amide bonds. The Bertz CT molecular complexity index is 561. The molecule has 5 nitrogen and oxygen atoms in total. The van der Waals surface area contributed by atoms with Crippen LogP contribution in [0.2, 0.25) is 0 Å². The van der Waals surface area contributed by atoms with Gasteiger partial charge in [-0.15, -0.1) is 0 Å². The zero-order chi connectivity index (χ0) is 15.5. The summed E-state index contributed by atoms with van der Waals surface area (Å²) < 4.78 is 0. The van der Waals surface area contributed by atoms with Gasteiger partial charge in [-0.2, -0.15) is 0 Å². The number of carbonyl (C=O) groups excluding carboxylic acids is 1. The van der Waals surface area contributed by atoms with E-state index < -0.39 is 5.54 Å². The Morgan fingerprint density at radius 1 is 1.29 bits per heavy atom. The number of carbonyl (C=O) groups is 1. The number of hydrogen-bond acceptors (Lipinski definition) is 3. The second-order valence-electron chi connectivity index (χ2n) is 5.90. The maximum absolute atomic E-state index is 12.6. The lowest BCUT2D eigenvalue weighted by Gasteiger charge is -2.36. The highest BCUT2D eigenvalue weighted by Crippen LogP contribution is 2.29. The Hall–Kier alpha value is -2.04. The van der Waals surface area contributed by atoms with Crippen LogP contribution in [0.15, 0.2) is 23.4 Å². The number of nitrogens with zero attached hydrogens (tertiary/aromatic N) is 1. The van der Waals surface area contributed by atoms with Crippen LogP contribution in [0.1, 0.15) is 53.6 Å². The van der Waals surface area contributed by atoms with Gasteiger partial charge in [-0.05, 0) is 38.3 Å². The minimum absolute atomic E-state index is 0.0975. The van der Waals surface area contributed by atoms with E-state index in [0.29, 0.717) is 18.4 Å². The molecule has 0 bridgehead atoms. The van der Waals surface area contributed by atoms with E-state index in [1.54, 1.807) is 0 Å². The fraction of sp³-hybridized carbons (Fsp3) is 0.500. The largest absolute Gasteiger partial charge is 0.409 e. The number of benzene rings is 1. The summed E-state index contributed by atoms with van der Waals surface area (Å²) >= 11 is 0. The molecule has 0 saturated heterocycles. The summed E-state index contributed by atoms with van der Waals surface area (Å²) in [6, 6.07) is 5.72. The molecule has 0 spiro atoms. The molecule has 21 heavy (non-hydrogen) atoms. The highest BCUT2D eigenvalue weighted by molar-refractivity contribution is 6.01. The van der Waals surface area contributed by atoms with Crippen LogP contribution in [0.4, 0.5) is 0 Å². The summed E-state index contributed by atoms with van der Waals surface area (Å²) in [5.74, 6) is -0.0682. The van der Waals surface area contributed by atoms with E-state index >= 15 is 0 Å². The Balaban J connectivity index is 2.26. The van der Waals surface area contributed by atoms with Crippen molar-refractivity contribution in [3.63, 3.8) is 0 Å². The van der Waals surface area contributed by atoms with E-state index in [1.807, 2.05) is 32.0 Å². The van der Waals surface area contributed by atoms with Crippen LogP contribution in [-0.4, -0.2) is 22.5 Å². The molecule has 1 aromatic rings. The predicted octanol–water partition coefficient (Wildman–Crippen LogP) is 2.48. The Morgan fingerprint density at radius 2 is 1.95 bits per heavy atom. The minimum atomic E-state index is -0.721. The molecule has 1 aromatic carbocycles. The molecule has 1 saturated carbocycles. The van der Waals surface area contributed by atoms with E-state index in [1.165, 1.54) is 0 Å². The van der Waals surface area contributed by atoms with Gasteiger partial charge in [-0.25, -0.2) is 0 Å². The Kier molecular flexibility index (Phi) is 4.50. The van der Waals surface area contributed by atoms with Gasteiger partial charge in [-0.1, -0.05) is 42.1 Å². The van der Waals surface area contributed by atoms with Crippen LogP contribution < -0.4 is 11.1 Å². The Labute approximate surface area is 125 Å². The van der Waals surface area contributed by atoms with E-state index in [2.05, 4.69) is 10.5 Å². The lowest BCUT2D eigenvalue weighted by molar-refractivity contribution is 0.0905. The standard InChI is InChI=1S/C16H23N3O2/c1-11-6-7-13(12(2)10-11)14(20)18-16(15(17)19-21)8-4-3-5-9-16/h6-7,10,21H,3-5,8-9H2,1-2H3,(H2,17,19)(H,18,20). The van der Waals surface area contributed by atoms with Crippen LogP contribution in [0, 0.1) is 13.8 Å². The quantitative estimate of drug-likeness (QED) is 0.346. The van der Waals surface area contributed by atoms with Gasteiger partial charge in [0.25, 0.3) is 5.91 Å². The molecule has 0 aliphatic heterocycles. The second kappa shape index (κ2) is 6.16. The molecule has 4 N–H and O–H groups in total. The summed E-state index contributed by atoms with van der Waals surface area (Å²) in [5.41, 5.74) is 7.82. The van der Waals surface area contributed by atoms with Crippen molar-refractivity contribution in [2.75, 3.05) is 0 Å². The van der Waals surface area contributed by atoms with E-state index in [-0.39, 0.29) is 11.7 Å². The van der Waals surface area contributed by atoms with Gasteiger partial charge in [0, 0.05) is 5.56 Å². The minimum Gasteiger partial charge on any atom is -0.409 e. The van der Waals surface area contributed by atoms with Crippen molar-refractivity contribution in [3.8, 4) is 0 Å². The summed E-state index contributed by atoms with van der Waals surface area (Å²) in [6.07, 6.45) is 4.45. The molecule has 0 heterocycles. The lowest BCUT2D eigenvalue weighted by atomic mass is 9.80. The number of oxime groups is 1. The molecule has 1 fully saturated rings. The van der Waals surface area contributed by atoms with Gasteiger partial charge >= 0.3 is 0 Å². The number of hydrogen-bond donors (Lipinski definition) is 3. The third-order valence-electron chi connectivity index (χ3n) is 4.28. The molecule has 1 aliphatic carbocycles. The fourth-order valence-electron chi connectivity index (χ4n) is 3.05. The van der Waals surface area contributed by atoms with Gasteiger partial charge in [0.2, 0.25) is 0 Å². The van der Waals surface area contributed by atoms with Crippen LogP contribution in [0.5, 0.6) is 0 Å². The third kappa shape index (κ3) is 3.17. The van der Waals surface area contributed by atoms with Crippen molar-refractivity contribution in [1.82, 2.24) is 5.32 Å².